The van der Waals surface area contributed by atoms with Gasteiger partial charge in [-0.05, 0) is 80.3 Å². The van der Waals surface area contributed by atoms with Gasteiger partial charge in [-0.25, -0.2) is 28.3 Å². The van der Waals surface area contributed by atoms with E-state index < -0.39 is 16.1 Å². The quantitative estimate of drug-likeness (QED) is 0.367. The SMILES string of the molecule is CC(NS(=O)(=O)c1ccc(NC(=O)NNc2nc3ccccc3s2)cc1)C1CC2CCC1C2. The van der Waals surface area contributed by atoms with Gasteiger partial charge in [0.1, 0.15) is 0 Å². The van der Waals surface area contributed by atoms with Gasteiger partial charge in [-0.15, -0.1) is 0 Å². The summed E-state index contributed by atoms with van der Waals surface area (Å²) in [5.74, 6) is 1.84. The van der Waals surface area contributed by atoms with Crippen molar-refractivity contribution in [2.24, 2.45) is 17.8 Å². The van der Waals surface area contributed by atoms with Gasteiger partial charge in [-0.3, -0.25) is 5.43 Å². The summed E-state index contributed by atoms with van der Waals surface area (Å²) >= 11 is 1.43. The van der Waals surface area contributed by atoms with Crippen molar-refractivity contribution in [2.75, 3.05) is 10.7 Å². The van der Waals surface area contributed by atoms with Crippen molar-refractivity contribution in [3.63, 3.8) is 0 Å². The van der Waals surface area contributed by atoms with Gasteiger partial charge in [-0.2, -0.15) is 0 Å². The van der Waals surface area contributed by atoms with Crippen LogP contribution < -0.4 is 20.9 Å². The molecule has 2 bridgehead atoms. The lowest BCUT2D eigenvalue weighted by molar-refractivity contribution is 0.254. The highest BCUT2D eigenvalue weighted by atomic mass is 32.2. The van der Waals surface area contributed by atoms with Gasteiger partial charge in [0.15, 0.2) is 0 Å². The number of benzene rings is 2. The van der Waals surface area contributed by atoms with E-state index in [2.05, 4.69) is 25.9 Å². The van der Waals surface area contributed by atoms with Crippen LogP contribution in [0.5, 0.6) is 0 Å². The number of carbonyl (C=O) groups excluding carboxylic acids is 1. The predicted octanol–water partition coefficient (Wildman–Crippen LogP) is 4.55. The molecule has 4 N–H and O–H groups in total. The first kappa shape index (κ1) is 22.1. The number of fused-ring (bicyclic) bond motifs is 3. The number of urea groups is 1. The number of anilines is 2. The zero-order valence-electron chi connectivity index (χ0n) is 18.2. The maximum atomic E-state index is 12.8. The number of para-hydroxylation sites is 1. The fourth-order valence-electron chi connectivity index (χ4n) is 5.22. The summed E-state index contributed by atoms with van der Waals surface area (Å²) < 4.78 is 29.6. The van der Waals surface area contributed by atoms with Gasteiger partial charge in [0.25, 0.3) is 0 Å². The number of sulfonamides is 1. The third-order valence-electron chi connectivity index (χ3n) is 6.78. The molecule has 2 aromatic carbocycles. The molecule has 0 spiro atoms. The number of hydrogen-bond acceptors (Lipinski definition) is 6. The zero-order valence-corrected chi connectivity index (χ0v) is 19.9. The Morgan fingerprint density at radius 3 is 2.58 bits per heavy atom. The summed E-state index contributed by atoms with van der Waals surface area (Å²) in [5, 5.41) is 3.25. The number of carbonyl (C=O) groups is 1. The van der Waals surface area contributed by atoms with Crippen LogP contribution in [0.4, 0.5) is 15.6 Å². The van der Waals surface area contributed by atoms with E-state index in [0.717, 1.165) is 22.6 Å². The lowest BCUT2D eigenvalue weighted by atomic mass is 9.84. The fourth-order valence-corrected chi connectivity index (χ4v) is 7.34. The molecule has 2 fully saturated rings. The maximum Gasteiger partial charge on any atom is 0.337 e. The summed E-state index contributed by atoms with van der Waals surface area (Å²) in [6.07, 6.45) is 4.88. The number of hydrogen-bond donors (Lipinski definition) is 4. The number of amides is 2. The highest BCUT2D eigenvalue weighted by Gasteiger charge is 2.42. The van der Waals surface area contributed by atoms with E-state index in [4.69, 9.17) is 0 Å². The van der Waals surface area contributed by atoms with Crippen LogP contribution in [0.15, 0.2) is 53.4 Å². The van der Waals surface area contributed by atoms with Gasteiger partial charge in [0, 0.05) is 11.7 Å². The number of nitrogens with zero attached hydrogens (tertiary/aromatic N) is 1. The van der Waals surface area contributed by atoms with Crippen LogP contribution in [0, 0.1) is 17.8 Å². The van der Waals surface area contributed by atoms with Gasteiger partial charge in [0.2, 0.25) is 15.2 Å². The molecule has 4 unspecified atom stereocenters. The Bertz CT molecular complexity index is 1230. The Kier molecular flexibility index (Phi) is 5.98. The minimum atomic E-state index is -3.62. The second-order valence-electron chi connectivity index (χ2n) is 8.96. The Balaban J connectivity index is 1.15. The molecular weight excluding hydrogens is 458 g/mol. The van der Waals surface area contributed by atoms with Crippen LogP contribution in [0.3, 0.4) is 0 Å². The van der Waals surface area contributed by atoms with E-state index >= 15 is 0 Å². The molecule has 5 rings (SSSR count). The molecule has 8 nitrogen and oxygen atoms in total. The smallest absolute Gasteiger partial charge is 0.307 e. The van der Waals surface area contributed by atoms with Crippen molar-refractivity contribution in [2.45, 2.75) is 43.5 Å². The van der Waals surface area contributed by atoms with E-state index in [1.54, 1.807) is 12.1 Å². The van der Waals surface area contributed by atoms with E-state index in [0.29, 0.717) is 22.7 Å². The van der Waals surface area contributed by atoms with E-state index in [1.807, 2.05) is 31.2 Å². The summed E-state index contributed by atoms with van der Waals surface area (Å²) in [4.78, 5) is 16.8. The molecule has 10 heteroatoms. The van der Waals surface area contributed by atoms with Gasteiger partial charge in [-0.1, -0.05) is 29.9 Å². The van der Waals surface area contributed by atoms with Crippen molar-refractivity contribution in [3.8, 4) is 0 Å². The summed E-state index contributed by atoms with van der Waals surface area (Å²) in [7, 11) is -3.62. The zero-order chi connectivity index (χ0) is 23.0. The molecule has 0 aliphatic heterocycles. The van der Waals surface area contributed by atoms with Crippen molar-refractivity contribution in [1.82, 2.24) is 15.1 Å². The number of aromatic nitrogens is 1. The molecule has 3 aromatic rings. The molecule has 1 aromatic heterocycles. The molecule has 2 amide bonds. The first-order valence-electron chi connectivity index (χ1n) is 11.2. The third-order valence-corrected chi connectivity index (χ3v) is 9.30. The molecule has 1 heterocycles. The van der Waals surface area contributed by atoms with Crippen LogP contribution in [0.1, 0.15) is 32.6 Å². The topological polar surface area (TPSA) is 112 Å². The monoisotopic (exact) mass is 485 g/mol. The lowest BCUT2D eigenvalue weighted by Crippen LogP contribution is -2.40. The standard InChI is InChI=1S/C23H27N5O3S2/c1-14(19-13-15-6-7-16(19)12-15)28-33(30,31)18-10-8-17(9-11-18)24-22(29)26-27-23-25-20-4-2-3-5-21(20)32-23/h2-5,8-11,14-16,19,28H,6-7,12-13H2,1H3,(H,25,27)(H2,24,26,29). The normalized spacial score (nSPS) is 22.9. The number of rotatable bonds is 7. The van der Waals surface area contributed by atoms with Gasteiger partial charge >= 0.3 is 6.03 Å². The van der Waals surface area contributed by atoms with E-state index in [1.165, 1.54) is 42.7 Å². The molecule has 2 aliphatic carbocycles. The predicted molar refractivity (Wildman–Crippen MR) is 131 cm³/mol. The minimum absolute atomic E-state index is 0.0811. The van der Waals surface area contributed by atoms with Crippen LogP contribution in [-0.2, 0) is 10.0 Å². The molecule has 2 saturated carbocycles. The Morgan fingerprint density at radius 1 is 1.09 bits per heavy atom. The number of thiazole rings is 1. The molecule has 4 atom stereocenters. The summed E-state index contributed by atoms with van der Waals surface area (Å²) in [6, 6.07) is 13.3. The second-order valence-corrected chi connectivity index (χ2v) is 11.7. The van der Waals surface area contributed by atoms with Crippen molar-refractivity contribution in [1.29, 1.82) is 0 Å². The first-order valence-corrected chi connectivity index (χ1v) is 13.5. The summed E-state index contributed by atoms with van der Waals surface area (Å²) in [5.41, 5.74) is 6.67. The summed E-state index contributed by atoms with van der Waals surface area (Å²) in [6.45, 7) is 1.97. The van der Waals surface area contributed by atoms with Crippen LogP contribution >= 0.6 is 11.3 Å². The Hall–Kier alpha value is -2.69. The third kappa shape index (κ3) is 4.83. The minimum Gasteiger partial charge on any atom is -0.307 e. The lowest BCUT2D eigenvalue weighted by Gasteiger charge is -2.28. The highest BCUT2D eigenvalue weighted by molar-refractivity contribution is 7.89. The molecular formula is C23H27N5O3S2. The number of nitrogens with one attached hydrogen (secondary N) is 4. The molecule has 2 aliphatic rings. The molecule has 33 heavy (non-hydrogen) atoms. The second kappa shape index (κ2) is 8.92. The van der Waals surface area contributed by atoms with Crippen molar-refractivity contribution in [3.05, 3.63) is 48.5 Å². The largest absolute Gasteiger partial charge is 0.337 e. The van der Waals surface area contributed by atoms with Crippen LogP contribution in [-0.4, -0.2) is 25.5 Å². The van der Waals surface area contributed by atoms with E-state index in [-0.39, 0.29) is 10.9 Å². The fraction of sp³-hybridized carbons (Fsp3) is 0.391. The molecule has 0 radical (unpaired) electrons. The average Bonchev–Trinajstić information content (AvgIpc) is 3.53. The van der Waals surface area contributed by atoms with Crippen molar-refractivity contribution >= 4 is 48.4 Å². The van der Waals surface area contributed by atoms with Gasteiger partial charge < -0.3 is 5.32 Å². The van der Waals surface area contributed by atoms with Gasteiger partial charge in [0.05, 0.1) is 15.1 Å². The Morgan fingerprint density at radius 2 is 1.88 bits per heavy atom. The van der Waals surface area contributed by atoms with Crippen LogP contribution in [0.2, 0.25) is 0 Å². The van der Waals surface area contributed by atoms with Crippen LogP contribution in [0.25, 0.3) is 10.2 Å². The highest BCUT2D eigenvalue weighted by Crippen LogP contribution is 2.49. The van der Waals surface area contributed by atoms with Crippen molar-refractivity contribution < 1.29 is 13.2 Å². The number of hydrazine groups is 1. The Labute approximate surface area is 197 Å². The van der Waals surface area contributed by atoms with E-state index in [9.17, 15) is 13.2 Å². The molecule has 0 saturated heterocycles. The first-order chi connectivity index (χ1) is 15.9. The molecule has 174 valence electrons. The average molecular weight is 486 g/mol. The maximum absolute atomic E-state index is 12.8.